The van der Waals surface area contributed by atoms with Crippen LogP contribution < -0.4 is 10.2 Å². The van der Waals surface area contributed by atoms with Gasteiger partial charge in [0.15, 0.2) is 0 Å². The third-order valence-electron chi connectivity index (χ3n) is 6.71. The molecule has 0 saturated carbocycles. The van der Waals surface area contributed by atoms with Crippen LogP contribution in [0, 0.1) is 18.3 Å². The summed E-state index contributed by atoms with van der Waals surface area (Å²) in [6.45, 7) is 8.21. The zero-order valence-electron chi connectivity index (χ0n) is 17.4. The molecule has 0 amide bonds. The fraction of sp³-hybridized carbons (Fsp3) is 0.619. The van der Waals surface area contributed by atoms with Crippen LogP contribution in [0.2, 0.25) is 0 Å². The molecule has 3 aliphatic rings. The van der Waals surface area contributed by atoms with Gasteiger partial charge in [0.2, 0.25) is 5.95 Å². The van der Waals surface area contributed by atoms with E-state index < -0.39 is 0 Å². The van der Waals surface area contributed by atoms with Crippen molar-refractivity contribution in [3.8, 4) is 6.07 Å². The van der Waals surface area contributed by atoms with Crippen molar-refractivity contribution in [1.29, 1.82) is 5.26 Å². The molecule has 2 aromatic rings. The van der Waals surface area contributed by atoms with Crippen molar-refractivity contribution >= 4 is 28.3 Å². The van der Waals surface area contributed by atoms with Crippen LogP contribution in [0.5, 0.6) is 0 Å². The van der Waals surface area contributed by atoms with Crippen LogP contribution in [0.3, 0.4) is 0 Å². The van der Waals surface area contributed by atoms with Gasteiger partial charge in [0.1, 0.15) is 10.8 Å². The average Bonchev–Trinajstić information content (AvgIpc) is 3.14. The molecule has 0 aromatic carbocycles. The molecule has 3 aliphatic heterocycles. The van der Waals surface area contributed by atoms with Crippen molar-refractivity contribution in [2.45, 2.75) is 44.2 Å². The third-order valence-corrected chi connectivity index (χ3v) is 7.51. The highest BCUT2D eigenvalue weighted by Crippen LogP contribution is 2.37. The molecule has 0 aliphatic carbocycles. The number of aromatic nitrogens is 3. The molecule has 3 fully saturated rings. The molecule has 0 bridgehead atoms. The molecule has 5 heterocycles. The van der Waals surface area contributed by atoms with Crippen molar-refractivity contribution in [2.24, 2.45) is 0 Å². The Kier molecular flexibility index (Phi) is 5.31. The summed E-state index contributed by atoms with van der Waals surface area (Å²) in [5.74, 6) is 1.50. The van der Waals surface area contributed by atoms with Gasteiger partial charge >= 0.3 is 0 Å². The Hall–Kier alpha value is -2.28. The summed E-state index contributed by atoms with van der Waals surface area (Å²) >= 11 is 1.41. The first-order valence-corrected chi connectivity index (χ1v) is 11.6. The Balaban J connectivity index is 1.27. The first kappa shape index (κ1) is 19.7. The van der Waals surface area contributed by atoms with Gasteiger partial charge in [0.25, 0.3) is 0 Å². The fourth-order valence-electron chi connectivity index (χ4n) is 5.10. The molecule has 0 spiro atoms. The summed E-state index contributed by atoms with van der Waals surface area (Å²) in [5.41, 5.74) is 0.937. The number of piperazine rings is 1. The Morgan fingerprint density at radius 3 is 3.00 bits per heavy atom. The number of aryl methyl sites for hydroxylation is 1. The van der Waals surface area contributed by atoms with E-state index in [1.54, 1.807) is 6.20 Å². The van der Waals surface area contributed by atoms with Gasteiger partial charge in [0, 0.05) is 45.0 Å². The summed E-state index contributed by atoms with van der Waals surface area (Å²) in [7, 11) is 0. The lowest BCUT2D eigenvalue weighted by atomic mass is 9.83. The maximum absolute atomic E-state index is 9.55. The Labute approximate surface area is 181 Å². The maximum atomic E-state index is 9.55. The van der Waals surface area contributed by atoms with E-state index in [0.717, 1.165) is 49.2 Å². The van der Waals surface area contributed by atoms with Gasteiger partial charge in [-0.25, -0.2) is 4.98 Å². The minimum atomic E-state index is -0.0500. The number of hydrogen-bond acceptors (Lipinski definition) is 9. The number of fused-ring (bicyclic) bond motifs is 1. The Bertz CT molecular complexity index is 931. The molecular weight excluding hydrogens is 396 g/mol. The zero-order chi connectivity index (χ0) is 20.6. The van der Waals surface area contributed by atoms with E-state index in [0.29, 0.717) is 18.4 Å². The second-order valence-electron chi connectivity index (χ2n) is 8.74. The van der Waals surface area contributed by atoms with E-state index in [2.05, 4.69) is 35.4 Å². The first-order valence-electron chi connectivity index (χ1n) is 10.8. The van der Waals surface area contributed by atoms with Crippen molar-refractivity contribution in [1.82, 2.24) is 24.1 Å². The lowest BCUT2D eigenvalue weighted by molar-refractivity contribution is -0.0249. The van der Waals surface area contributed by atoms with E-state index in [1.807, 2.05) is 19.1 Å². The average molecular weight is 425 g/mol. The smallest absolute Gasteiger partial charge is 0.229 e. The van der Waals surface area contributed by atoms with Crippen LogP contribution >= 0.6 is 11.5 Å². The standard InChI is InChI=1S/C21H28N8S/c1-16-12-19(30-26-16)25-20-23-8-5-18(24-20)28-14-21(15-28,6-7-22)29-11-10-27-9-3-2-4-17(27)13-29/h5,8,12,17H,2-4,6,9-11,13-15H2,1H3,(H,23,24,25)/t17-/m0/s1. The van der Waals surface area contributed by atoms with Gasteiger partial charge in [0.05, 0.1) is 23.7 Å². The summed E-state index contributed by atoms with van der Waals surface area (Å²) in [4.78, 5) is 16.6. The SMILES string of the molecule is Cc1cc(Nc2nccc(N3CC(CC#N)(N4CCN5CCCC[C@H]5C4)C3)n2)sn1. The lowest BCUT2D eigenvalue weighted by Crippen LogP contribution is -2.74. The number of hydrogen-bond donors (Lipinski definition) is 1. The number of nitrogens with one attached hydrogen (secondary N) is 1. The molecule has 2 aromatic heterocycles. The molecule has 30 heavy (non-hydrogen) atoms. The minimum absolute atomic E-state index is 0.0500. The summed E-state index contributed by atoms with van der Waals surface area (Å²) < 4.78 is 4.29. The van der Waals surface area contributed by atoms with Crippen molar-refractivity contribution in [2.75, 3.05) is 49.5 Å². The van der Waals surface area contributed by atoms with Crippen molar-refractivity contribution in [3.63, 3.8) is 0 Å². The zero-order valence-corrected chi connectivity index (χ0v) is 18.2. The molecule has 3 saturated heterocycles. The Morgan fingerprint density at radius 2 is 2.20 bits per heavy atom. The molecule has 0 radical (unpaired) electrons. The molecule has 5 rings (SSSR count). The number of rotatable bonds is 5. The molecule has 1 N–H and O–H groups in total. The van der Waals surface area contributed by atoms with Gasteiger partial charge in [-0.3, -0.25) is 9.80 Å². The van der Waals surface area contributed by atoms with Gasteiger partial charge in [-0.1, -0.05) is 6.42 Å². The second-order valence-corrected chi connectivity index (χ2v) is 9.55. The minimum Gasteiger partial charge on any atom is -0.353 e. The molecule has 0 unspecified atom stereocenters. The third kappa shape index (κ3) is 3.75. The molecule has 158 valence electrons. The highest BCUT2D eigenvalue weighted by Gasteiger charge is 2.50. The van der Waals surface area contributed by atoms with Crippen LogP contribution in [0.15, 0.2) is 18.3 Å². The van der Waals surface area contributed by atoms with Gasteiger partial charge in [-0.2, -0.15) is 14.6 Å². The van der Waals surface area contributed by atoms with Crippen LogP contribution in [-0.4, -0.2) is 75.0 Å². The molecule has 9 heteroatoms. The topological polar surface area (TPSA) is 84.2 Å². The number of nitrogens with zero attached hydrogens (tertiary/aromatic N) is 7. The largest absolute Gasteiger partial charge is 0.353 e. The van der Waals surface area contributed by atoms with Crippen LogP contribution in [-0.2, 0) is 0 Å². The van der Waals surface area contributed by atoms with E-state index in [-0.39, 0.29) is 5.54 Å². The monoisotopic (exact) mass is 424 g/mol. The normalized spacial score (nSPS) is 24.0. The van der Waals surface area contributed by atoms with E-state index in [9.17, 15) is 5.26 Å². The molecule has 1 atom stereocenters. The lowest BCUT2D eigenvalue weighted by Gasteiger charge is -2.59. The predicted molar refractivity (Wildman–Crippen MR) is 118 cm³/mol. The second kappa shape index (κ2) is 8.10. The quantitative estimate of drug-likeness (QED) is 0.784. The number of anilines is 3. The number of piperidine rings is 1. The van der Waals surface area contributed by atoms with Gasteiger partial charge in [-0.05, 0) is 50.0 Å². The summed E-state index contributed by atoms with van der Waals surface area (Å²) in [5, 5.41) is 13.7. The van der Waals surface area contributed by atoms with Crippen LogP contribution in [0.4, 0.5) is 16.8 Å². The number of nitriles is 1. The Morgan fingerprint density at radius 1 is 1.30 bits per heavy atom. The maximum Gasteiger partial charge on any atom is 0.229 e. The van der Waals surface area contributed by atoms with Crippen LogP contribution in [0.1, 0.15) is 31.4 Å². The van der Waals surface area contributed by atoms with E-state index >= 15 is 0 Å². The van der Waals surface area contributed by atoms with E-state index in [1.165, 1.54) is 37.3 Å². The molecule has 8 nitrogen and oxygen atoms in total. The first-order chi connectivity index (χ1) is 14.6. The molecular formula is C21H28N8S. The predicted octanol–water partition coefficient (Wildman–Crippen LogP) is 2.63. The fourth-order valence-corrected chi connectivity index (χ4v) is 5.76. The summed E-state index contributed by atoms with van der Waals surface area (Å²) in [6, 6.07) is 7.08. The van der Waals surface area contributed by atoms with Gasteiger partial charge in [-0.15, -0.1) is 0 Å². The van der Waals surface area contributed by atoms with Crippen molar-refractivity contribution < 1.29 is 0 Å². The highest BCUT2D eigenvalue weighted by molar-refractivity contribution is 7.10. The summed E-state index contributed by atoms with van der Waals surface area (Å²) in [6.07, 6.45) is 6.33. The van der Waals surface area contributed by atoms with Crippen LogP contribution in [0.25, 0.3) is 0 Å². The van der Waals surface area contributed by atoms with Crippen molar-refractivity contribution in [3.05, 3.63) is 24.0 Å². The highest BCUT2D eigenvalue weighted by atomic mass is 32.1. The van der Waals surface area contributed by atoms with Gasteiger partial charge < -0.3 is 10.2 Å². The van der Waals surface area contributed by atoms with E-state index in [4.69, 9.17) is 4.98 Å².